The Balaban J connectivity index is 1.28. The van der Waals surface area contributed by atoms with Crippen LogP contribution in [0.5, 0.6) is 6.01 Å². The van der Waals surface area contributed by atoms with E-state index < -0.39 is 0 Å². The van der Waals surface area contributed by atoms with Gasteiger partial charge in [0.2, 0.25) is 11.8 Å². The van der Waals surface area contributed by atoms with Crippen LogP contribution in [0.3, 0.4) is 0 Å². The maximum absolute atomic E-state index is 13.2. The van der Waals surface area contributed by atoms with Crippen molar-refractivity contribution in [3.8, 4) is 12.1 Å². The molecule has 252 valence electrons. The summed E-state index contributed by atoms with van der Waals surface area (Å²) in [6.07, 6.45) is 6.45. The van der Waals surface area contributed by atoms with Crippen molar-refractivity contribution in [2.75, 3.05) is 69.8 Å². The zero-order valence-corrected chi connectivity index (χ0v) is 28.6. The molecule has 0 saturated carbocycles. The van der Waals surface area contributed by atoms with Crippen LogP contribution in [-0.2, 0) is 22.6 Å². The molecule has 4 heterocycles. The first kappa shape index (κ1) is 33.2. The number of likely N-dealkylation sites (N-methyl/N-ethyl adjacent to an activating group) is 2. The van der Waals surface area contributed by atoms with Crippen LogP contribution in [0.4, 0.5) is 11.5 Å². The van der Waals surface area contributed by atoms with E-state index in [2.05, 4.69) is 71.1 Å². The van der Waals surface area contributed by atoms with Gasteiger partial charge >= 0.3 is 6.01 Å². The summed E-state index contributed by atoms with van der Waals surface area (Å²) in [6, 6.07) is 15.6. The molecule has 48 heavy (non-hydrogen) atoms. The van der Waals surface area contributed by atoms with Crippen molar-refractivity contribution in [3.05, 3.63) is 65.4 Å². The van der Waals surface area contributed by atoms with E-state index >= 15 is 0 Å². The predicted octanol–water partition coefficient (Wildman–Crippen LogP) is 3.94. The molecule has 3 aliphatic heterocycles. The maximum atomic E-state index is 13.2. The predicted molar refractivity (Wildman–Crippen MR) is 187 cm³/mol. The van der Waals surface area contributed by atoms with Gasteiger partial charge in [-0.25, -0.2) is 0 Å². The summed E-state index contributed by atoms with van der Waals surface area (Å²) in [5, 5.41) is 12.2. The van der Waals surface area contributed by atoms with Crippen molar-refractivity contribution in [3.63, 3.8) is 0 Å². The van der Waals surface area contributed by atoms with Gasteiger partial charge in [-0.3, -0.25) is 9.59 Å². The molecule has 0 N–H and O–H groups in total. The number of hydrogen-bond acceptors (Lipinski definition) is 9. The first-order valence-corrected chi connectivity index (χ1v) is 17.0. The van der Waals surface area contributed by atoms with Crippen LogP contribution in [0.25, 0.3) is 10.8 Å². The standard InChI is InChI=1S/C37H46N8O3/c1-26-9-5-10-28-11-6-13-33(35(26)28)43-20-16-31-32(24-43)39-37(48-25-30-12-7-19-42(30)4)40-36(31)44-21-22-45(29(23-44)15-17-38)34(47)14-8-18-41(3)27(2)46/h5-6,8-11,13-14,29-30H,7,12,15-16,18-25H2,1-4H3/b14-8+. The number of rotatable bonds is 9. The summed E-state index contributed by atoms with van der Waals surface area (Å²) in [5.41, 5.74) is 4.52. The largest absolute Gasteiger partial charge is 0.462 e. The van der Waals surface area contributed by atoms with Crippen LogP contribution in [0.2, 0.25) is 0 Å². The quantitative estimate of drug-likeness (QED) is 0.318. The van der Waals surface area contributed by atoms with Gasteiger partial charge in [-0.1, -0.05) is 36.4 Å². The van der Waals surface area contributed by atoms with E-state index in [1.807, 2.05) is 0 Å². The molecule has 0 spiro atoms. The van der Waals surface area contributed by atoms with E-state index in [9.17, 15) is 14.9 Å². The lowest BCUT2D eigenvalue weighted by atomic mass is 9.99. The number of anilines is 2. The Hall–Kier alpha value is -4.69. The van der Waals surface area contributed by atoms with Crippen molar-refractivity contribution in [2.45, 2.75) is 58.2 Å². The van der Waals surface area contributed by atoms with Gasteiger partial charge in [0.15, 0.2) is 0 Å². The molecule has 11 heteroatoms. The molecule has 3 aliphatic rings. The van der Waals surface area contributed by atoms with Gasteiger partial charge in [0.05, 0.1) is 30.8 Å². The van der Waals surface area contributed by atoms with Gasteiger partial charge in [-0.2, -0.15) is 15.2 Å². The number of likely N-dealkylation sites (tertiary alicyclic amines) is 1. The summed E-state index contributed by atoms with van der Waals surface area (Å²) < 4.78 is 6.34. The molecule has 0 radical (unpaired) electrons. The highest BCUT2D eigenvalue weighted by molar-refractivity contribution is 5.97. The molecule has 0 aliphatic carbocycles. The zero-order chi connectivity index (χ0) is 33.8. The monoisotopic (exact) mass is 650 g/mol. The van der Waals surface area contributed by atoms with Crippen molar-refractivity contribution in [2.24, 2.45) is 0 Å². The second-order valence-corrected chi connectivity index (χ2v) is 13.3. The third-order valence-electron chi connectivity index (χ3n) is 10.1. The Morgan fingerprint density at radius 2 is 1.90 bits per heavy atom. The first-order valence-electron chi connectivity index (χ1n) is 17.0. The Kier molecular flexibility index (Phi) is 10.1. The number of benzene rings is 2. The number of carbonyl (C=O) groups excluding carboxylic acids is 2. The molecule has 11 nitrogen and oxygen atoms in total. The fraction of sp³-hybridized carbons (Fsp3) is 0.486. The Morgan fingerprint density at radius 3 is 2.65 bits per heavy atom. The van der Waals surface area contributed by atoms with Crippen LogP contribution in [-0.4, -0.2) is 109 Å². The van der Waals surface area contributed by atoms with Gasteiger partial charge in [0.25, 0.3) is 0 Å². The zero-order valence-electron chi connectivity index (χ0n) is 28.6. The van der Waals surface area contributed by atoms with E-state index in [0.29, 0.717) is 51.4 Å². The molecule has 2 unspecified atom stereocenters. The smallest absolute Gasteiger partial charge is 0.318 e. The van der Waals surface area contributed by atoms with Crippen LogP contribution >= 0.6 is 0 Å². The summed E-state index contributed by atoms with van der Waals surface area (Å²) in [6.45, 7) is 8.60. The minimum atomic E-state index is -0.299. The number of aryl methyl sites for hydroxylation is 1. The summed E-state index contributed by atoms with van der Waals surface area (Å²) in [5.74, 6) is 0.629. The number of piperazine rings is 1. The normalized spacial score (nSPS) is 19.9. The number of ether oxygens (including phenoxy) is 1. The number of nitriles is 1. The summed E-state index contributed by atoms with van der Waals surface area (Å²) in [7, 11) is 3.83. The van der Waals surface area contributed by atoms with Crippen LogP contribution in [0.1, 0.15) is 43.0 Å². The average Bonchev–Trinajstić information content (AvgIpc) is 3.50. The minimum absolute atomic E-state index is 0.0646. The van der Waals surface area contributed by atoms with Crippen LogP contribution in [0.15, 0.2) is 48.6 Å². The SMILES string of the molecule is CC(=O)N(C)C/C=C/C(=O)N1CCN(c2nc(OCC3CCCN3C)nc3c2CCN(c2cccc4cccc(C)c24)C3)CC1CC#N. The Bertz CT molecular complexity index is 1730. The van der Waals surface area contributed by atoms with Crippen molar-refractivity contribution >= 4 is 34.1 Å². The minimum Gasteiger partial charge on any atom is -0.462 e. The number of hydrogen-bond donors (Lipinski definition) is 0. The number of nitrogens with zero attached hydrogens (tertiary/aromatic N) is 8. The third-order valence-corrected chi connectivity index (χ3v) is 10.1. The van der Waals surface area contributed by atoms with Crippen LogP contribution < -0.4 is 14.5 Å². The van der Waals surface area contributed by atoms with Gasteiger partial charge < -0.3 is 29.2 Å². The lowest BCUT2D eigenvalue weighted by Crippen LogP contribution is -2.55. The van der Waals surface area contributed by atoms with Gasteiger partial charge in [-0.05, 0) is 56.8 Å². The van der Waals surface area contributed by atoms with Gasteiger partial charge in [0.1, 0.15) is 12.4 Å². The lowest BCUT2D eigenvalue weighted by molar-refractivity contribution is -0.129. The highest BCUT2D eigenvalue weighted by Gasteiger charge is 2.34. The lowest BCUT2D eigenvalue weighted by Gasteiger charge is -2.42. The maximum Gasteiger partial charge on any atom is 0.318 e. The summed E-state index contributed by atoms with van der Waals surface area (Å²) in [4.78, 5) is 45.1. The molecule has 2 fully saturated rings. The molecule has 2 atom stereocenters. The molecule has 1 aromatic heterocycles. The molecule has 3 aromatic rings. The average molecular weight is 651 g/mol. The van der Waals surface area contributed by atoms with E-state index in [-0.39, 0.29) is 24.3 Å². The second-order valence-electron chi connectivity index (χ2n) is 13.3. The number of fused-ring (bicyclic) bond motifs is 2. The highest BCUT2D eigenvalue weighted by Crippen LogP contribution is 2.36. The van der Waals surface area contributed by atoms with Crippen LogP contribution in [0, 0.1) is 18.3 Å². The molecule has 0 bridgehead atoms. The molecule has 6 rings (SSSR count). The highest BCUT2D eigenvalue weighted by atomic mass is 16.5. The topological polar surface area (TPSA) is 109 Å². The van der Waals surface area contributed by atoms with E-state index in [4.69, 9.17) is 14.7 Å². The molecule has 2 amide bonds. The number of aromatic nitrogens is 2. The molecule has 2 aromatic carbocycles. The third kappa shape index (κ3) is 7.09. The van der Waals surface area contributed by atoms with Crippen molar-refractivity contribution < 1.29 is 14.3 Å². The van der Waals surface area contributed by atoms with E-state index in [1.54, 1.807) is 22.9 Å². The Morgan fingerprint density at radius 1 is 1.08 bits per heavy atom. The van der Waals surface area contributed by atoms with Crippen molar-refractivity contribution in [1.82, 2.24) is 24.7 Å². The van der Waals surface area contributed by atoms with Gasteiger partial charge in [0, 0.05) is 75.5 Å². The fourth-order valence-corrected chi connectivity index (χ4v) is 7.20. The Labute approximate surface area is 283 Å². The van der Waals surface area contributed by atoms with Gasteiger partial charge in [-0.15, -0.1) is 0 Å². The fourth-order valence-electron chi connectivity index (χ4n) is 7.20. The molecular formula is C37H46N8O3. The second kappa shape index (κ2) is 14.6. The first-order chi connectivity index (χ1) is 23.2. The molecular weight excluding hydrogens is 604 g/mol. The number of amides is 2. The number of carbonyl (C=O) groups is 2. The summed E-state index contributed by atoms with van der Waals surface area (Å²) >= 11 is 0. The van der Waals surface area contributed by atoms with Crippen molar-refractivity contribution in [1.29, 1.82) is 5.26 Å². The molecule has 2 saturated heterocycles. The van der Waals surface area contributed by atoms with E-state index in [1.165, 1.54) is 35.0 Å². The van der Waals surface area contributed by atoms with E-state index in [0.717, 1.165) is 49.4 Å².